The van der Waals surface area contributed by atoms with Crippen LogP contribution in [0.5, 0.6) is 5.75 Å². The molecule has 21 heavy (non-hydrogen) atoms. The van der Waals surface area contributed by atoms with Gasteiger partial charge in [-0.05, 0) is 56.4 Å². The standard InChI is InChI=1S/C17H25NO3/c1-4-5-11(2)18-17(20)12(3)21-14-7-8-15-13(10-14)6-9-16(15)19/h7-8,10-12,16,19H,4-6,9H2,1-3H3,(H,18,20)/t11?,12?,16-/m1/s1. The number of aliphatic hydroxyl groups excluding tert-OH is 1. The quantitative estimate of drug-likeness (QED) is 0.847. The smallest absolute Gasteiger partial charge is 0.260 e. The van der Waals surface area contributed by atoms with Crippen LogP contribution in [0.4, 0.5) is 0 Å². The Bertz CT molecular complexity index is 501. The monoisotopic (exact) mass is 291 g/mol. The summed E-state index contributed by atoms with van der Waals surface area (Å²) in [5.41, 5.74) is 2.10. The van der Waals surface area contributed by atoms with Crippen LogP contribution in [0.15, 0.2) is 18.2 Å². The predicted octanol–water partition coefficient (Wildman–Crippen LogP) is 2.74. The fourth-order valence-electron chi connectivity index (χ4n) is 2.77. The van der Waals surface area contributed by atoms with Crippen LogP contribution < -0.4 is 10.1 Å². The van der Waals surface area contributed by atoms with Gasteiger partial charge in [0, 0.05) is 6.04 Å². The molecule has 1 aromatic rings. The molecule has 1 amide bonds. The van der Waals surface area contributed by atoms with Crippen LogP contribution in [0.25, 0.3) is 0 Å². The van der Waals surface area contributed by atoms with Crippen molar-refractivity contribution in [1.82, 2.24) is 5.32 Å². The summed E-state index contributed by atoms with van der Waals surface area (Å²) in [6.07, 6.45) is 2.77. The van der Waals surface area contributed by atoms with Crippen LogP contribution in [-0.2, 0) is 11.2 Å². The first kappa shape index (κ1) is 15.8. The van der Waals surface area contributed by atoms with Gasteiger partial charge in [0.2, 0.25) is 0 Å². The number of aryl methyl sites for hydroxylation is 1. The van der Waals surface area contributed by atoms with Crippen molar-refractivity contribution in [3.05, 3.63) is 29.3 Å². The summed E-state index contributed by atoms with van der Waals surface area (Å²) in [6, 6.07) is 5.83. The minimum atomic E-state index is -0.520. The van der Waals surface area contributed by atoms with E-state index in [1.165, 1.54) is 0 Å². The highest BCUT2D eigenvalue weighted by Crippen LogP contribution is 2.33. The number of hydrogen-bond acceptors (Lipinski definition) is 3. The molecule has 0 bridgehead atoms. The van der Waals surface area contributed by atoms with E-state index in [2.05, 4.69) is 12.2 Å². The molecule has 2 rings (SSSR count). The summed E-state index contributed by atoms with van der Waals surface area (Å²) in [7, 11) is 0. The number of carbonyl (C=O) groups excluding carboxylic acids is 1. The lowest BCUT2D eigenvalue weighted by molar-refractivity contribution is -0.127. The SMILES string of the molecule is CCCC(C)NC(=O)C(C)Oc1ccc2c(c1)CC[C@H]2O. The molecule has 116 valence electrons. The van der Waals surface area contributed by atoms with Crippen molar-refractivity contribution in [3.63, 3.8) is 0 Å². The highest BCUT2D eigenvalue weighted by molar-refractivity contribution is 5.80. The number of carbonyl (C=O) groups is 1. The molecule has 1 aliphatic carbocycles. The maximum absolute atomic E-state index is 12.0. The molecule has 0 aliphatic heterocycles. The molecule has 0 saturated carbocycles. The topological polar surface area (TPSA) is 58.6 Å². The Morgan fingerprint density at radius 2 is 2.24 bits per heavy atom. The second-order valence-corrected chi connectivity index (χ2v) is 5.87. The number of ether oxygens (including phenoxy) is 1. The van der Waals surface area contributed by atoms with Gasteiger partial charge in [0.05, 0.1) is 6.10 Å². The third-order valence-electron chi connectivity index (χ3n) is 3.95. The van der Waals surface area contributed by atoms with Gasteiger partial charge < -0.3 is 15.2 Å². The lowest BCUT2D eigenvalue weighted by Crippen LogP contribution is -2.41. The molecule has 0 fully saturated rings. The molecule has 3 atom stereocenters. The van der Waals surface area contributed by atoms with E-state index in [9.17, 15) is 9.90 Å². The highest BCUT2D eigenvalue weighted by Gasteiger charge is 2.22. The molecule has 4 heteroatoms. The van der Waals surface area contributed by atoms with E-state index in [4.69, 9.17) is 4.74 Å². The molecular weight excluding hydrogens is 266 g/mol. The molecule has 2 N–H and O–H groups in total. The zero-order valence-electron chi connectivity index (χ0n) is 13.1. The predicted molar refractivity (Wildman–Crippen MR) is 82.3 cm³/mol. The Labute approximate surface area is 126 Å². The first-order valence-electron chi connectivity index (χ1n) is 7.79. The van der Waals surface area contributed by atoms with E-state index in [1.54, 1.807) is 6.92 Å². The largest absolute Gasteiger partial charge is 0.481 e. The number of hydrogen-bond donors (Lipinski definition) is 2. The third kappa shape index (κ3) is 3.97. The van der Waals surface area contributed by atoms with Crippen molar-refractivity contribution >= 4 is 5.91 Å². The van der Waals surface area contributed by atoms with Crippen molar-refractivity contribution in [1.29, 1.82) is 0 Å². The summed E-state index contributed by atoms with van der Waals surface area (Å²) in [6.45, 7) is 5.86. The lowest BCUT2D eigenvalue weighted by atomic mass is 10.1. The van der Waals surface area contributed by atoms with Gasteiger partial charge in [0.15, 0.2) is 6.10 Å². The van der Waals surface area contributed by atoms with Crippen molar-refractivity contribution in [3.8, 4) is 5.75 Å². The van der Waals surface area contributed by atoms with Crippen molar-refractivity contribution < 1.29 is 14.6 Å². The summed E-state index contributed by atoms with van der Waals surface area (Å²) in [5.74, 6) is 0.602. The normalized spacial score (nSPS) is 19.7. The van der Waals surface area contributed by atoms with Crippen LogP contribution in [0, 0.1) is 0 Å². The van der Waals surface area contributed by atoms with E-state index >= 15 is 0 Å². The average Bonchev–Trinajstić information content (AvgIpc) is 2.80. The minimum absolute atomic E-state index is 0.0866. The van der Waals surface area contributed by atoms with Crippen molar-refractivity contribution in [2.24, 2.45) is 0 Å². The Balaban J connectivity index is 1.93. The van der Waals surface area contributed by atoms with Gasteiger partial charge in [-0.1, -0.05) is 19.4 Å². The average molecular weight is 291 g/mol. The first-order chi connectivity index (χ1) is 10.0. The Kier molecular flexibility index (Phi) is 5.23. The van der Waals surface area contributed by atoms with Gasteiger partial charge in [-0.15, -0.1) is 0 Å². The zero-order chi connectivity index (χ0) is 15.4. The molecule has 4 nitrogen and oxygen atoms in total. The molecule has 0 radical (unpaired) electrons. The van der Waals surface area contributed by atoms with E-state index < -0.39 is 6.10 Å². The number of benzene rings is 1. The van der Waals surface area contributed by atoms with E-state index in [-0.39, 0.29) is 18.1 Å². The molecule has 0 heterocycles. The van der Waals surface area contributed by atoms with Gasteiger partial charge >= 0.3 is 0 Å². The summed E-state index contributed by atoms with van der Waals surface area (Å²) < 4.78 is 5.72. The zero-order valence-corrected chi connectivity index (χ0v) is 13.1. The summed E-state index contributed by atoms with van der Waals surface area (Å²) in [4.78, 5) is 12.0. The third-order valence-corrected chi connectivity index (χ3v) is 3.95. The molecular formula is C17H25NO3. The van der Waals surface area contributed by atoms with Gasteiger partial charge in [-0.3, -0.25) is 4.79 Å². The minimum Gasteiger partial charge on any atom is -0.481 e. The van der Waals surface area contributed by atoms with Crippen LogP contribution in [0.2, 0.25) is 0 Å². The van der Waals surface area contributed by atoms with E-state index in [0.717, 1.165) is 36.8 Å². The molecule has 1 aliphatic rings. The fourth-order valence-corrected chi connectivity index (χ4v) is 2.77. The second-order valence-electron chi connectivity index (χ2n) is 5.87. The Morgan fingerprint density at radius 1 is 1.48 bits per heavy atom. The molecule has 1 aromatic carbocycles. The van der Waals surface area contributed by atoms with Gasteiger partial charge in [0.25, 0.3) is 5.91 Å². The summed E-state index contributed by atoms with van der Waals surface area (Å²) in [5, 5.41) is 12.7. The lowest BCUT2D eigenvalue weighted by Gasteiger charge is -2.18. The maximum Gasteiger partial charge on any atom is 0.260 e. The van der Waals surface area contributed by atoms with Crippen LogP contribution in [0.1, 0.15) is 57.3 Å². The van der Waals surface area contributed by atoms with E-state index in [0.29, 0.717) is 5.75 Å². The van der Waals surface area contributed by atoms with Gasteiger partial charge in [0.1, 0.15) is 5.75 Å². The number of rotatable bonds is 6. The molecule has 2 unspecified atom stereocenters. The van der Waals surface area contributed by atoms with Crippen LogP contribution in [-0.4, -0.2) is 23.2 Å². The van der Waals surface area contributed by atoms with Gasteiger partial charge in [-0.2, -0.15) is 0 Å². The maximum atomic E-state index is 12.0. The Hall–Kier alpha value is -1.55. The van der Waals surface area contributed by atoms with Crippen LogP contribution in [0.3, 0.4) is 0 Å². The molecule has 0 aromatic heterocycles. The fraction of sp³-hybridized carbons (Fsp3) is 0.588. The molecule has 0 spiro atoms. The van der Waals surface area contributed by atoms with Crippen molar-refractivity contribution in [2.45, 2.75) is 64.7 Å². The van der Waals surface area contributed by atoms with Crippen LogP contribution >= 0.6 is 0 Å². The first-order valence-corrected chi connectivity index (χ1v) is 7.79. The number of amides is 1. The number of fused-ring (bicyclic) bond motifs is 1. The number of nitrogens with one attached hydrogen (secondary N) is 1. The number of aliphatic hydroxyl groups is 1. The Morgan fingerprint density at radius 3 is 2.95 bits per heavy atom. The second kappa shape index (κ2) is 6.94. The van der Waals surface area contributed by atoms with Crippen molar-refractivity contribution in [2.75, 3.05) is 0 Å². The molecule has 0 saturated heterocycles. The van der Waals surface area contributed by atoms with E-state index in [1.807, 2.05) is 25.1 Å². The van der Waals surface area contributed by atoms with Gasteiger partial charge in [-0.25, -0.2) is 0 Å². The summed E-state index contributed by atoms with van der Waals surface area (Å²) >= 11 is 0. The highest BCUT2D eigenvalue weighted by atomic mass is 16.5.